The molecule has 1 heterocycles. The van der Waals surface area contributed by atoms with Gasteiger partial charge in [0.15, 0.2) is 0 Å². The van der Waals surface area contributed by atoms with E-state index in [-0.39, 0.29) is 17.9 Å². The summed E-state index contributed by atoms with van der Waals surface area (Å²) in [6.07, 6.45) is 2.26. The fraction of sp³-hybridized carbons (Fsp3) is 0.357. The molecule has 17 heavy (non-hydrogen) atoms. The van der Waals surface area contributed by atoms with Gasteiger partial charge in [-0.25, -0.2) is 0 Å². The highest BCUT2D eigenvalue weighted by Gasteiger charge is 2.23. The van der Waals surface area contributed by atoms with Crippen molar-refractivity contribution in [2.24, 2.45) is 0 Å². The van der Waals surface area contributed by atoms with Crippen molar-refractivity contribution in [2.75, 3.05) is 11.9 Å². The lowest BCUT2D eigenvalue weighted by molar-refractivity contribution is -0.121. The predicted octanol–water partition coefficient (Wildman–Crippen LogP) is 2.28. The topological polar surface area (TPSA) is 41.1 Å². The average molecular weight is 230 g/mol. The summed E-state index contributed by atoms with van der Waals surface area (Å²) in [5.74, 6) is 0.365. The second-order valence-corrected chi connectivity index (χ2v) is 4.46. The fourth-order valence-corrected chi connectivity index (χ4v) is 2.13. The van der Waals surface area contributed by atoms with Crippen LogP contribution >= 0.6 is 0 Å². The minimum atomic E-state index is 0.0344. The second kappa shape index (κ2) is 5.04. The number of amides is 1. The molecule has 0 aromatic heterocycles. The SMILES string of the molecule is C=CC(C)NC(=O)CC1CNc2ccccc21. The molecule has 0 fully saturated rings. The summed E-state index contributed by atoms with van der Waals surface area (Å²) in [5.41, 5.74) is 2.40. The third-order valence-electron chi connectivity index (χ3n) is 3.11. The molecule has 1 amide bonds. The smallest absolute Gasteiger partial charge is 0.221 e. The number of para-hydroxylation sites is 1. The Hall–Kier alpha value is -1.77. The van der Waals surface area contributed by atoms with E-state index in [1.54, 1.807) is 6.08 Å². The Morgan fingerprint density at radius 1 is 1.65 bits per heavy atom. The van der Waals surface area contributed by atoms with Crippen molar-refractivity contribution in [3.05, 3.63) is 42.5 Å². The number of carbonyl (C=O) groups excluding carboxylic acids is 1. The van der Waals surface area contributed by atoms with Crippen LogP contribution in [0.15, 0.2) is 36.9 Å². The molecule has 3 heteroatoms. The average Bonchev–Trinajstić information content (AvgIpc) is 2.72. The van der Waals surface area contributed by atoms with E-state index in [0.29, 0.717) is 6.42 Å². The maximum atomic E-state index is 11.8. The molecule has 0 aliphatic carbocycles. The highest BCUT2D eigenvalue weighted by atomic mass is 16.1. The van der Waals surface area contributed by atoms with Crippen molar-refractivity contribution in [3.8, 4) is 0 Å². The van der Waals surface area contributed by atoms with E-state index >= 15 is 0 Å². The Balaban J connectivity index is 1.97. The maximum absolute atomic E-state index is 11.8. The summed E-state index contributed by atoms with van der Waals surface area (Å²) < 4.78 is 0. The first-order valence-electron chi connectivity index (χ1n) is 5.95. The van der Waals surface area contributed by atoms with Gasteiger partial charge in [-0.3, -0.25) is 4.79 Å². The van der Waals surface area contributed by atoms with Crippen LogP contribution in [-0.4, -0.2) is 18.5 Å². The highest BCUT2D eigenvalue weighted by Crippen LogP contribution is 2.32. The van der Waals surface area contributed by atoms with Gasteiger partial charge in [0.2, 0.25) is 5.91 Å². The van der Waals surface area contributed by atoms with Crippen LogP contribution in [0, 0.1) is 0 Å². The number of hydrogen-bond acceptors (Lipinski definition) is 2. The lowest BCUT2D eigenvalue weighted by Crippen LogP contribution is -2.32. The van der Waals surface area contributed by atoms with Crippen molar-refractivity contribution >= 4 is 11.6 Å². The summed E-state index contributed by atoms with van der Waals surface area (Å²) in [6, 6.07) is 8.20. The first kappa shape index (κ1) is 11.7. The van der Waals surface area contributed by atoms with Crippen LogP contribution in [0.1, 0.15) is 24.8 Å². The Morgan fingerprint density at radius 2 is 2.41 bits per heavy atom. The largest absolute Gasteiger partial charge is 0.384 e. The van der Waals surface area contributed by atoms with E-state index in [1.165, 1.54) is 5.56 Å². The number of carbonyl (C=O) groups is 1. The molecular weight excluding hydrogens is 212 g/mol. The Kier molecular flexibility index (Phi) is 3.47. The van der Waals surface area contributed by atoms with Crippen LogP contribution < -0.4 is 10.6 Å². The van der Waals surface area contributed by atoms with E-state index in [4.69, 9.17) is 0 Å². The molecule has 1 aromatic rings. The first-order chi connectivity index (χ1) is 8.20. The number of rotatable bonds is 4. The van der Waals surface area contributed by atoms with Crippen LogP contribution in [0.25, 0.3) is 0 Å². The first-order valence-corrected chi connectivity index (χ1v) is 5.95. The molecular formula is C14H18N2O. The van der Waals surface area contributed by atoms with Gasteiger partial charge in [0.1, 0.15) is 0 Å². The van der Waals surface area contributed by atoms with Gasteiger partial charge in [-0.2, -0.15) is 0 Å². The predicted molar refractivity (Wildman–Crippen MR) is 70.1 cm³/mol. The molecule has 2 N–H and O–H groups in total. The summed E-state index contributed by atoms with van der Waals surface area (Å²) in [5, 5.41) is 6.23. The molecule has 1 aromatic carbocycles. The molecule has 3 nitrogen and oxygen atoms in total. The normalized spacial score (nSPS) is 19.0. The zero-order valence-electron chi connectivity index (χ0n) is 10.1. The van der Waals surface area contributed by atoms with E-state index in [9.17, 15) is 4.79 Å². The van der Waals surface area contributed by atoms with Crippen LogP contribution in [0.5, 0.6) is 0 Å². The van der Waals surface area contributed by atoms with Gasteiger partial charge < -0.3 is 10.6 Å². The molecule has 0 saturated heterocycles. The minimum Gasteiger partial charge on any atom is -0.384 e. The minimum absolute atomic E-state index is 0.0344. The van der Waals surface area contributed by atoms with E-state index in [2.05, 4.69) is 29.3 Å². The molecule has 1 aliphatic rings. The maximum Gasteiger partial charge on any atom is 0.221 e. The van der Waals surface area contributed by atoms with Gasteiger partial charge in [-0.1, -0.05) is 24.3 Å². The lowest BCUT2D eigenvalue weighted by Gasteiger charge is -2.13. The zero-order valence-corrected chi connectivity index (χ0v) is 10.1. The van der Waals surface area contributed by atoms with Crippen molar-refractivity contribution in [3.63, 3.8) is 0 Å². The lowest BCUT2D eigenvalue weighted by atomic mass is 9.97. The molecule has 2 rings (SSSR count). The number of nitrogens with one attached hydrogen (secondary N) is 2. The van der Waals surface area contributed by atoms with Crippen molar-refractivity contribution in [1.82, 2.24) is 5.32 Å². The van der Waals surface area contributed by atoms with Gasteiger partial charge in [0.05, 0.1) is 0 Å². The fourth-order valence-electron chi connectivity index (χ4n) is 2.13. The summed E-state index contributed by atoms with van der Waals surface area (Å²) in [4.78, 5) is 11.8. The van der Waals surface area contributed by atoms with Crippen molar-refractivity contribution in [1.29, 1.82) is 0 Å². The molecule has 0 spiro atoms. The Labute approximate surface area is 102 Å². The molecule has 0 radical (unpaired) electrons. The van der Waals surface area contributed by atoms with Crippen molar-refractivity contribution in [2.45, 2.75) is 25.3 Å². The van der Waals surface area contributed by atoms with Crippen LogP contribution in [0.4, 0.5) is 5.69 Å². The Morgan fingerprint density at radius 3 is 3.18 bits per heavy atom. The molecule has 1 aliphatic heterocycles. The molecule has 90 valence electrons. The van der Waals surface area contributed by atoms with Crippen LogP contribution in [0.3, 0.4) is 0 Å². The standard InChI is InChI=1S/C14H18N2O/c1-3-10(2)16-14(17)8-11-9-15-13-7-5-4-6-12(11)13/h3-7,10-11,15H,1,8-9H2,2H3,(H,16,17). The van der Waals surface area contributed by atoms with Crippen LogP contribution in [0.2, 0.25) is 0 Å². The van der Waals surface area contributed by atoms with Gasteiger partial charge in [-0.15, -0.1) is 6.58 Å². The molecule has 2 atom stereocenters. The number of hydrogen-bond donors (Lipinski definition) is 2. The number of anilines is 1. The van der Waals surface area contributed by atoms with E-state index < -0.39 is 0 Å². The number of benzene rings is 1. The summed E-state index contributed by atoms with van der Waals surface area (Å²) in [7, 11) is 0. The van der Waals surface area contributed by atoms with E-state index in [1.807, 2.05) is 19.1 Å². The van der Waals surface area contributed by atoms with Crippen LogP contribution in [-0.2, 0) is 4.79 Å². The number of fused-ring (bicyclic) bond motifs is 1. The zero-order chi connectivity index (χ0) is 12.3. The monoisotopic (exact) mass is 230 g/mol. The Bertz CT molecular complexity index is 428. The third-order valence-corrected chi connectivity index (χ3v) is 3.11. The quantitative estimate of drug-likeness (QED) is 0.779. The second-order valence-electron chi connectivity index (χ2n) is 4.46. The summed E-state index contributed by atoms with van der Waals surface area (Å²) >= 11 is 0. The highest BCUT2D eigenvalue weighted by molar-refractivity contribution is 5.78. The van der Waals surface area contributed by atoms with Gasteiger partial charge in [-0.05, 0) is 18.6 Å². The van der Waals surface area contributed by atoms with E-state index in [0.717, 1.165) is 12.2 Å². The van der Waals surface area contributed by atoms with Gasteiger partial charge >= 0.3 is 0 Å². The third kappa shape index (κ3) is 2.67. The van der Waals surface area contributed by atoms with Crippen molar-refractivity contribution < 1.29 is 4.79 Å². The van der Waals surface area contributed by atoms with Gasteiger partial charge in [0, 0.05) is 30.6 Å². The molecule has 2 unspecified atom stereocenters. The van der Waals surface area contributed by atoms with Gasteiger partial charge in [0.25, 0.3) is 0 Å². The summed E-state index contributed by atoms with van der Waals surface area (Å²) in [6.45, 7) is 6.42. The molecule has 0 bridgehead atoms. The molecule has 0 saturated carbocycles.